The average molecular weight is 202 g/mol. The third-order valence-electron chi connectivity index (χ3n) is 1.53. The van der Waals surface area contributed by atoms with Crippen LogP contribution >= 0.6 is 11.6 Å². The van der Waals surface area contributed by atoms with E-state index in [2.05, 4.69) is 0 Å². The van der Waals surface area contributed by atoms with E-state index < -0.39 is 4.92 Å². The van der Waals surface area contributed by atoms with Crippen LogP contribution in [0.15, 0.2) is 18.2 Å². The summed E-state index contributed by atoms with van der Waals surface area (Å²) in [5, 5.41) is 10.6. The summed E-state index contributed by atoms with van der Waals surface area (Å²) in [4.78, 5) is 9.78. The standard InChI is InChI=1S/C8H8ClNO3/c1-13-8-4-6(5-10(11)12)2-3-7(8)9/h2-4H,5H2,1H3. The fourth-order valence-electron chi connectivity index (χ4n) is 0.952. The van der Waals surface area contributed by atoms with Gasteiger partial charge in [-0.25, -0.2) is 0 Å². The fourth-order valence-corrected chi connectivity index (χ4v) is 1.15. The Kier molecular flexibility index (Phi) is 3.08. The van der Waals surface area contributed by atoms with Crippen LogP contribution in [0.2, 0.25) is 5.02 Å². The molecule has 1 rings (SSSR count). The molecule has 70 valence electrons. The Bertz CT molecular complexity index is 327. The molecule has 0 atom stereocenters. The number of nitrogens with zero attached hydrogens (tertiary/aromatic N) is 1. The molecule has 0 aliphatic heterocycles. The molecule has 0 saturated carbocycles. The third-order valence-corrected chi connectivity index (χ3v) is 1.84. The largest absolute Gasteiger partial charge is 0.495 e. The summed E-state index contributed by atoms with van der Waals surface area (Å²) >= 11 is 5.74. The summed E-state index contributed by atoms with van der Waals surface area (Å²) in [7, 11) is 1.47. The molecule has 0 bridgehead atoms. The highest BCUT2D eigenvalue weighted by molar-refractivity contribution is 6.32. The summed E-state index contributed by atoms with van der Waals surface area (Å²) in [6.07, 6.45) is 0. The quantitative estimate of drug-likeness (QED) is 0.556. The molecular formula is C8H8ClNO3. The van der Waals surface area contributed by atoms with Gasteiger partial charge in [0, 0.05) is 10.5 Å². The highest BCUT2D eigenvalue weighted by atomic mass is 35.5. The molecule has 0 amide bonds. The zero-order valence-corrected chi connectivity index (χ0v) is 7.75. The van der Waals surface area contributed by atoms with E-state index in [1.54, 1.807) is 18.2 Å². The van der Waals surface area contributed by atoms with Crippen molar-refractivity contribution in [2.24, 2.45) is 0 Å². The number of rotatable bonds is 3. The maximum atomic E-state index is 10.2. The molecule has 0 fully saturated rings. The van der Waals surface area contributed by atoms with Gasteiger partial charge in [-0.15, -0.1) is 0 Å². The molecule has 1 aromatic carbocycles. The Labute approximate surface area is 80.2 Å². The second kappa shape index (κ2) is 4.09. The number of ether oxygens (including phenoxy) is 1. The van der Waals surface area contributed by atoms with Crippen molar-refractivity contribution >= 4 is 11.6 Å². The summed E-state index contributed by atoms with van der Waals surface area (Å²) in [5.74, 6) is 0.459. The Morgan fingerprint density at radius 3 is 2.85 bits per heavy atom. The van der Waals surface area contributed by atoms with Crippen molar-refractivity contribution < 1.29 is 9.66 Å². The predicted molar refractivity (Wildman–Crippen MR) is 48.7 cm³/mol. The molecular weight excluding hydrogens is 194 g/mol. The minimum absolute atomic E-state index is 0.215. The molecule has 0 aliphatic rings. The minimum Gasteiger partial charge on any atom is -0.495 e. The topological polar surface area (TPSA) is 52.4 Å². The second-order valence-corrected chi connectivity index (χ2v) is 2.87. The predicted octanol–water partition coefficient (Wildman–Crippen LogP) is 2.13. The first-order valence-electron chi connectivity index (χ1n) is 3.57. The van der Waals surface area contributed by atoms with Gasteiger partial charge in [0.2, 0.25) is 6.54 Å². The van der Waals surface area contributed by atoms with Gasteiger partial charge in [-0.05, 0) is 12.1 Å². The molecule has 0 saturated heterocycles. The van der Waals surface area contributed by atoms with E-state index in [0.29, 0.717) is 16.3 Å². The summed E-state index contributed by atoms with van der Waals surface area (Å²) in [5.41, 5.74) is 0.575. The lowest BCUT2D eigenvalue weighted by Crippen LogP contribution is -1.98. The van der Waals surface area contributed by atoms with Crippen molar-refractivity contribution in [1.82, 2.24) is 0 Å². The Morgan fingerprint density at radius 1 is 1.62 bits per heavy atom. The Hall–Kier alpha value is -1.29. The molecule has 0 unspecified atom stereocenters. The lowest BCUT2D eigenvalue weighted by Gasteiger charge is -2.03. The highest BCUT2D eigenvalue weighted by Gasteiger charge is 2.05. The first-order valence-corrected chi connectivity index (χ1v) is 3.95. The van der Waals surface area contributed by atoms with Crippen molar-refractivity contribution in [3.63, 3.8) is 0 Å². The maximum absolute atomic E-state index is 10.2. The van der Waals surface area contributed by atoms with E-state index in [1.807, 2.05) is 0 Å². The maximum Gasteiger partial charge on any atom is 0.229 e. The van der Waals surface area contributed by atoms with Gasteiger partial charge in [0.25, 0.3) is 0 Å². The van der Waals surface area contributed by atoms with E-state index in [9.17, 15) is 10.1 Å². The summed E-state index contributed by atoms with van der Waals surface area (Å²) < 4.78 is 4.91. The lowest BCUT2D eigenvalue weighted by atomic mass is 10.2. The van der Waals surface area contributed by atoms with Crippen molar-refractivity contribution in [1.29, 1.82) is 0 Å². The molecule has 4 nitrogen and oxygen atoms in total. The first kappa shape index (κ1) is 9.80. The number of halogens is 1. The number of methoxy groups -OCH3 is 1. The molecule has 0 N–H and O–H groups in total. The normalized spacial score (nSPS) is 9.69. The van der Waals surface area contributed by atoms with E-state index in [0.717, 1.165) is 0 Å². The molecule has 0 spiro atoms. The van der Waals surface area contributed by atoms with Gasteiger partial charge in [-0.1, -0.05) is 17.7 Å². The van der Waals surface area contributed by atoms with Gasteiger partial charge >= 0.3 is 0 Å². The number of benzene rings is 1. The molecule has 5 heteroatoms. The van der Waals surface area contributed by atoms with Crippen LogP contribution in [0.4, 0.5) is 0 Å². The zero-order chi connectivity index (χ0) is 9.84. The monoisotopic (exact) mass is 201 g/mol. The van der Waals surface area contributed by atoms with Crippen LogP contribution < -0.4 is 4.74 Å². The van der Waals surface area contributed by atoms with E-state index in [1.165, 1.54) is 7.11 Å². The van der Waals surface area contributed by atoms with Gasteiger partial charge in [-0.2, -0.15) is 0 Å². The summed E-state index contributed by atoms with van der Waals surface area (Å²) in [6, 6.07) is 4.75. The van der Waals surface area contributed by atoms with Gasteiger partial charge in [0.15, 0.2) is 0 Å². The van der Waals surface area contributed by atoms with Crippen LogP contribution in [0.3, 0.4) is 0 Å². The van der Waals surface area contributed by atoms with Crippen LogP contribution in [0.25, 0.3) is 0 Å². The Balaban J connectivity index is 2.92. The van der Waals surface area contributed by atoms with E-state index in [-0.39, 0.29) is 6.54 Å². The van der Waals surface area contributed by atoms with Crippen molar-refractivity contribution in [3.8, 4) is 5.75 Å². The lowest BCUT2D eigenvalue weighted by molar-refractivity contribution is -0.496. The van der Waals surface area contributed by atoms with Gasteiger partial charge < -0.3 is 4.74 Å². The van der Waals surface area contributed by atoms with Crippen LogP contribution in [0.5, 0.6) is 5.75 Å². The fraction of sp³-hybridized carbons (Fsp3) is 0.250. The smallest absolute Gasteiger partial charge is 0.229 e. The SMILES string of the molecule is COc1cc(C[N+](=O)[O-])ccc1Cl. The summed E-state index contributed by atoms with van der Waals surface area (Å²) in [6.45, 7) is -0.215. The van der Waals surface area contributed by atoms with Crippen molar-refractivity contribution in [3.05, 3.63) is 38.9 Å². The van der Waals surface area contributed by atoms with Gasteiger partial charge in [-0.3, -0.25) is 10.1 Å². The molecule has 0 heterocycles. The zero-order valence-electron chi connectivity index (χ0n) is 6.99. The number of nitro groups is 1. The second-order valence-electron chi connectivity index (χ2n) is 2.46. The van der Waals surface area contributed by atoms with Gasteiger partial charge in [0.1, 0.15) is 5.75 Å². The molecule has 1 aromatic rings. The number of hydrogen-bond acceptors (Lipinski definition) is 3. The first-order chi connectivity index (χ1) is 6.13. The Morgan fingerprint density at radius 2 is 2.31 bits per heavy atom. The van der Waals surface area contributed by atoms with Crippen molar-refractivity contribution in [2.75, 3.05) is 7.11 Å². The minimum atomic E-state index is -0.400. The van der Waals surface area contributed by atoms with Crippen LogP contribution in [0.1, 0.15) is 5.56 Å². The molecule has 0 aliphatic carbocycles. The number of hydrogen-bond donors (Lipinski definition) is 0. The van der Waals surface area contributed by atoms with Gasteiger partial charge in [0.05, 0.1) is 12.1 Å². The molecule has 13 heavy (non-hydrogen) atoms. The van der Waals surface area contributed by atoms with Crippen LogP contribution in [-0.4, -0.2) is 12.0 Å². The molecule has 0 aromatic heterocycles. The third kappa shape index (κ3) is 2.59. The molecule has 0 radical (unpaired) electrons. The van der Waals surface area contributed by atoms with E-state index >= 15 is 0 Å². The van der Waals surface area contributed by atoms with Crippen LogP contribution in [0, 0.1) is 10.1 Å². The van der Waals surface area contributed by atoms with Crippen molar-refractivity contribution in [2.45, 2.75) is 6.54 Å². The van der Waals surface area contributed by atoms with E-state index in [4.69, 9.17) is 16.3 Å². The highest BCUT2D eigenvalue weighted by Crippen LogP contribution is 2.25. The average Bonchev–Trinajstić information content (AvgIpc) is 2.07. The van der Waals surface area contributed by atoms with Crippen LogP contribution in [-0.2, 0) is 6.54 Å².